The van der Waals surface area contributed by atoms with E-state index in [2.05, 4.69) is 39.6 Å². The van der Waals surface area contributed by atoms with Crippen LogP contribution in [0.2, 0.25) is 0 Å². The fourth-order valence-electron chi connectivity index (χ4n) is 1.84. The summed E-state index contributed by atoms with van der Waals surface area (Å²) < 4.78 is 6.82. The first-order chi connectivity index (χ1) is 7.25. The lowest BCUT2D eigenvalue weighted by atomic mass is 10.1. The molecular formula is C11H16BrNOS. The third kappa shape index (κ3) is 3.28. The Morgan fingerprint density at radius 1 is 1.73 bits per heavy atom. The van der Waals surface area contributed by atoms with Crippen molar-refractivity contribution in [2.24, 2.45) is 0 Å². The van der Waals surface area contributed by atoms with Gasteiger partial charge in [-0.2, -0.15) is 0 Å². The Morgan fingerprint density at radius 3 is 3.20 bits per heavy atom. The largest absolute Gasteiger partial charge is 0.377 e. The standard InChI is InChI=1S/C11H16BrNOS/c1-8(11-3-2-4-14-11)13-6-10-5-9(12)7-15-10/h5,7-8,11,13H,2-4,6H2,1H3/t8-,11-/m1/s1. The van der Waals surface area contributed by atoms with Crippen LogP contribution in [-0.2, 0) is 11.3 Å². The smallest absolute Gasteiger partial charge is 0.0726 e. The second-order valence-corrected chi connectivity index (χ2v) is 5.86. The molecule has 1 aliphatic heterocycles. The molecule has 2 nitrogen and oxygen atoms in total. The van der Waals surface area contributed by atoms with Gasteiger partial charge in [0.1, 0.15) is 0 Å². The van der Waals surface area contributed by atoms with Crippen molar-refractivity contribution in [1.29, 1.82) is 0 Å². The average Bonchev–Trinajstić information content (AvgIpc) is 2.84. The van der Waals surface area contributed by atoms with Gasteiger partial charge in [-0.1, -0.05) is 0 Å². The molecule has 1 aliphatic rings. The lowest BCUT2D eigenvalue weighted by Gasteiger charge is -2.19. The minimum atomic E-state index is 0.411. The van der Waals surface area contributed by atoms with Crippen LogP contribution in [0, 0.1) is 0 Å². The molecule has 0 saturated carbocycles. The lowest BCUT2D eigenvalue weighted by Crippen LogP contribution is -2.36. The molecule has 0 amide bonds. The summed E-state index contributed by atoms with van der Waals surface area (Å²) >= 11 is 5.25. The number of hydrogen-bond donors (Lipinski definition) is 1. The summed E-state index contributed by atoms with van der Waals surface area (Å²) in [5.74, 6) is 0. The number of halogens is 1. The van der Waals surface area contributed by atoms with Crippen molar-refractivity contribution in [3.8, 4) is 0 Å². The van der Waals surface area contributed by atoms with Crippen molar-refractivity contribution < 1.29 is 4.74 Å². The van der Waals surface area contributed by atoms with Crippen LogP contribution >= 0.6 is 27.3 Å². The maximum atomic E-state index is 5.64. The molecule has 2 atom stereocenters. The Labute approximate surface area is 103 Å². The van der Waals surface area contributed by atoms with Gasteiger partial charge >= 0.3 is 0 Å². The zero-order chi connectivity index (χ0) is 10.7. The van der Waals surface area contributed by atoms with Crippen molar-refractivity contribution in [3.63, 3.8) is 0 Å². The summed E-state index contributed by atoms with van der Waals surface area (Å²) in [7, 11) is 0. The quantitative estimate of drug-likeness (QED) is 0.919. The summed E-state index contributed by atoms with van der Waals surface area (Å²) in [6.07, 6.45) is 2.82. The topological polar surface area (TPSA) is 21.3 Å². The van der Waals surface area contributed by atoms with Gasteiger partial charge in [0.15, 0.2) is 0 Å². The lowest BCUT2D eigenvalue weighted by molar-refractivity contribution is 0.0833. The molecule has 0 aliphatic carbocycles. The minimum absolute atomic E-state index is 0.411. The van der Waals surface area contributed by atoms with Crippen LogP contribution in [0.1, 0.15) is 24.6 Å². The van der Waals surface area contributed by atoms with Crippen LogP contribution in [0.3, 0.4) is 0 Å². The van der Waals surface area contributed by atoms with Crippen molar-refractivity contribution >= 4 is 27.3 Å². The van der Waals surface area contributed by atoms with Gasteiger partial charge in [0.2, 0.25) is 0 Å². The maximum absolute atomic E-state index is 5.64. The first-order valence-electron chi connectivity index (χ1n) is 5.33. The molecule has 1 aromatic heterocycles. The van der Waals surface area contributed by atoms with Gasteiger partial charge in [0, 0.05) is 33.9 Å². The average molecular weight is 290 g/mol. The molecule has 1 fully saturated rings. The number of hydrogen-bond acceptors (Lipinski definition) is 3. The molecule has 2 heterocycles. The first-order valence-corrected chi connectivity index (χ1v) is 7.01. The Kier molecular flexibility index (Phi) is 4.20. The molecule has 15 heavy (non-hydrogen) atoms. The predicted molar refractivity (Wildman–Crippen MR) is 67.3 cm³/mol. The highest BCUT2D eigenvalue weighted by atomic mass is 79.9. The zero-order valence-corrected chi connectivity index (χ0v) is 11.2. The first kappa shape index (κ1) is 11.6. The van der Waals surface area contributed by atoms with Crippen molar-refractivity contribution in [2.75, 3.05) is 6.61 Å². The second-order valence-electron chi connectivity index (χ2n) is 3.95. The molecule has 0 unspecified atom stereocenters. The van der Waals surface area contributed by atoms with Crippen LogP contribution in [-0.4, -0.2) is 18.8 Å². The molecule has 2 rings (SSSR count). The number of ether oxygens (including phenoxy) is 1. The van der Waals surface area contributed by atoms with Crippen molar-refractivity contribution in [2.45, 2.75) is 38.5 Å². The fraction of sp³-hybridized carbons (Fsp3) is 0.636. The van der Waals surface area contributed by atoms with E-state index in [4.69, 9.17) is 4.74 Å². The van der Waals surface area contributed by atoms with E-state index in [9.17, 15) is 0 Å². The Morgan fingerprint density at radius 2 is 2.60 bits per heavy atom. The molecule has 1 saturated heterocycles. The third-order valence-electron chi connectivity index (χ3n) is 2.74. The number of thiophene rings is 1. The van der Waals surface area contributed by atoms with Crippen LogP contribution in [0.5, 0.6) is 0 Å². The van der Waals surface area contributed by atoms with Gasteiger partial charge in [0.25, 0.3) is 0 Å². The third-order valence-corrected chi connectivity index (χ3v) is 4.44. The van der Waals surface area contributed by atoms with E-state index in [0.29, 0.717) is 12.1 Å². The van der Waals surface area contributed by atoms with Crippen LogP contribution in [0.15, 0.2) is 15.9 Å². The number of nitrogens with one attached hydrogen (secondary N) is 1. The second kappa shape index (κ2) is 5.43. The van der Waals surface area contributed by atoms with E-state index in [0.717, 1.165) is 13.2 Å². The van der Waals surface area contributed by atoms with Gasteiger partial charge in [-0.25, -0.2) is 0 Å². The van der Waals surface area contributed by atoms with Crippen LogP contribution in [0.25, 0.3) is 0 Å². The van der Waals surface area contributed by atoms with Gasteiger partial charge in [0.05, 0.1) is 6.10 Å². The summed E-state index contributed by atoms with van der Waals surface area (Å²) in [5.41, 5.74) is 0. The molecule has 0 spiro atoms. The Bertz CT molecular complexity index is 309. The Balaban J connectivity index is 1.77. The van der Waals surface area contributed by atoms with Gasteiger partial charge in [-0.05, 0) is 41.8 Å². The molecule has 84 valence electrons. The highest BCUT2D eigenvalue weighted by Crippen LogP contribution is 2.20. The summed E-state index contributed by atoms with van der Waals surface area (Å²) in [4.78, 5) is 1.37. The minimum Gasteiger partial charge on any atom is -0.377 e. The SMILES string of the molecule is C[C@@H](NCc1cc(Br)cs1)[C@H]1CCCO1. The predicted octanol–water partition coefficient (Wildman–Crippen LogP) is 3.17. The highest BCUT2D eigenvalue weighted by Gasteiger charge is 2.21. The molecule has 0 bridgehead atoms. The van der Waals surface area contributed by atoms with E-state index in [1.165, 1.54) is 22.2 Å². The van der Waals surface area contributed by atoms with E-state index < -0.39 is 0 Å². The molecule has 4 heteroatoms. The molecule has 1 N–H and O–H groups in total. The summed E-state index contributed by atoms with van der Waals surface area (Å²) in [6.45, 7) is 4.08. The monoisotopic (exact) mass is 289 g/mol. The van der Waals surface area contributed by atoms with Crippen LogP contribution < -0.4 is 5.32 Å². The van der Waals surface area contributed by atoms with Crippen molar-refractivity contribution in [1.82, 2.24) is 5.32 Å². The zero-order valence-electron chi connectivity index (χ0n) is 8.83. The maximum Gasteiger partial charge on any atom is 0.0726 e. The highest BCUT2D eigenvalue weighted by molar-refractivity contribution is 9.10. The van der Waals surface area contributed by atoms with Crippen LogP contribution in [0.4, 0.5) is 0 Å². The Hall–Kier alpha value is 0.1000. The fourth-order valence-corrected chi connectivity index (χ4v) is 3.24. The number of rotatable bonds is 4. The summed E-state index contributed by atoms with van der Waals surface area (Å²) in [5, 5.41) is 5.64. The molecule has 1 aromatic rings. The van der Waals surface area contributed by atoms with Gasteiger partial charge in [-0.15, -0.1) is 11.3 Å². The normalized spacial score (nSPS) is 23.2. The van der Waals surface area contributed by atoms with E-state index in [1.807, 2.05) is 0 Å². The van der Waals surface area contributed by atoms with E-state index in [-0.39, 0.29) is 0 Å². The summed E-state index contributed by atoms with van der Waals surface area (Å²) in [6, 6.07) is 2.62. The van der Waals surface area contributed by atoms with E-state index >= 15 is 0 Å². The van der Waals surface area contributed by atoms with E-state index in [1.54, 1.807) is 11.3 Å². The molecule has 0 radical (unpaired) electrons. The molecule has 0 aromatic carbocycles. The molecular weight excluding hydrogens is 274 g/mol. The van der Waals surface area contributed by atoms with Crippen molar-refractivity contribution in [3.05, 3.63) is 20.8 Å². The van der Waals surface area contributed by atoms with Gasteiger partial charge in [-0.3, -0.25) is 0 Å². The van der Waals surface area contributed by atoms with Gasteiger partial charge < -0.3 is 10.1 Å².